The molecule has 1 atom stereocenters. The van der Waals surface area contributed by atoms with E-state index in [0.29, 0.717) is 6.42 Å². The fraction of sp³-hybridized carbons (Fsp3) is 0.300. The fourth-order valence-corrected chi connectivity index (χ4v) is 4.54. The minimum atomic E-state index is 0.00825. The van der Waals surface area contributed by atoms with Gasteiger partial charge in [0.05, 0.1) is 0 Å². The Labute approximate surface area is 168 Å². The smallest absolute Gasteiger partial charge is 0.164 e. The Morgan fingerprint density at radius 2 is 1.68 bits per heavy atom. The van der Waals surface area contributed by atoms with E-state index in [4.69, 9.17) is 12.2 Å². The van der Waals surface area contributed by atoms with Crippen LogP contribution in [-0.4, -0.2) is 28.1 Å². The van der Waals surface area contributed by atoms with Crippen LogP contribution < -0.4 is 0 Å². The number of hydrogen-bond donors (Lipinski definition) is 0. The van der Waals surface area contributed by atoms with Gasteiger partial charge in [-0.05, 0) is 31.5 Å². The second kappa shape index (κ2) is 10.1. The Bertz CT molecular complexity index is 699. The van der Waals surface area contributed by atoms with Crippen LogP contribution in [-0.2, 0) is 0 Å². The van der Waals surface area contributed by atoms with Gasteiger partial charge >= 0.3 is 0 Å². The fourth-order valence-electron chi connectivity index (χ4n) is 2.49. The molecule has 1 unspecified atom stereocenters. The first-order chi connectivity index (χ1) is 12.0. The number of benzene rings is 2. The highest BCUT2D eigenvalue weighted by molar-refractivity contribution is 9.10. The molecule has 0 aliphatic rings. The average molecular weight is 436 g/mol. The first-order valence-corrected chi connectivity index (χ1v) is 10.4. The maximum absolute atomic E-state index is 12.7. The van der Waals surface area contributed by atoms with E-state index in [1.165, 1.54) is 0 Å². The van der Waals surface area contributed by atoms with Gasteiger partial charge in [-0.1, -0.05) is 82.4 Å². The summed E-state index contributed by atoms with van der Waals surface area (Å²) in [4.78, 5) is 14.9. The molecule has 0 radical (unpaired) electrons. The maximum atomic E-state index is 12.7. The number of hydrogen-bond acceptors (Lipinski definition) is 3. The molecule has 0 saturated carbocycles. The Hall–Kier alpha value is -1.17. The molecule has 0 spiro atoms. The summed E-state index contributed by atoms with van der Waals surface area (Å²) in [6.45, 7) is 5.95. The monoisotopic (exact) mass is 435 g/mol. The average Bonchev–Trinajstić information content (AvgIpc) is 2.63. The molecule has 2 aromatic carbocycles. The number of thioether (sulfide) groups is 1. The molecule has 2 nitrogen and oxygen atoms in total. The number of carbonyl (C=O) groups is 1. The molecule has 2 aromatic rings. The van der Waals surface area contributed by atoms with E-state index >= 15 is 0 Å². The summed E-state index contributed by atoms with van der Waals surface area (Å²) in [6.07, 6.45) is 0.428. The summed E-state index contributed by atoms with van der Waals surface area (Å²) in [7, 11) is 0. The van der Waals surface area contributed by atoms with Gasteiger partial charge in [-0.25, -0.2) is 0 Å². The molecule has 5 heteroatoms. The molecule has 0 aliphatic heterocycles. The van der Waals surface area contributed by atoms with Crippen LogP contribution in [0.5, 0.6) is 0 Å². The van der Waals surface area contributed by atoms with Gasteiger partial charge in [-0.3, -0.25) is 4.79 Å². The van der Waals surface area contributed by atoms with E-state index in [0.717, 1.165) is 33.0 Å². The number of halogens is 1. The van der Waals surface area contributed by atoms with Crippen LogP contribution in [0.1, 0.15) is 41.4 Å². The zero-order valence-corrected chi connectivity index (χ0v) is 17.7. The highest BCUT2D eigenvalue weighted by Crippen LogP contribution is 2.35. The van der Waals surface area contributed by atoms with Gasteiger partial charge in [0.25, 0.3) is 0 Å². The molecule has 132 valence electrons. The van der Waals surface area contributed by atoms with E-state index in [-0.39, 0.29) is 11.0 Å². The van der Waals surface area contributed by atoms with Crippen molar-refractivity contribution in [2.75, 3.05) is 13.1 Å². The van der Waals surface area contributed by atoms with Crippen LogP contribution in [0, 0.1) is 0 Å². The van der Waals surface area contributed by atoms with E-state index in [1.807, 2.05) is 42.5 Å². The van der Waals surface area contributed by atoms with Crippen molar-refractivity contribution in [3.8, 4) is 0 Å². The number of Topliss-reactive ketones (excluding diaryl/α,β-unsaturated/α-hetero) is 1. The minimum Gasteiger partial charge on any atom is -0.358 e. The lowest BCUT2D eigenvalue weighted by atomic mass is 10.0. The molecular weight excluding hydrogens is 414 g/mol. The van der Waals surface area contributed by atoms with Gasteiger partial charge < -0.3 is 4.90 Å². The lowest BCUT2D eigenvalue weighted by Crippen LogP contribution is -2.27. The highest BCUT2D eigenvalue weighted by atomic mass is 79.9. The Morgan fingerprint density at radius 1 is 1.08 bits per heavy atom. The first-order valence-electron chi connectivity index (χ1n) is 8.34. The van der Waals surface area contributed by atoms with E-state index in [1.54, 1.807) is 11.8 Å². The predicted octanol–water partition coefficient (Wildman–Crippen LogP) is 6.12. The first kappa shape index (κ1) is 20.1. The van der Waals surface area contributed by atoms with Crippen molar-refractivity contribution >= 4 is 50.0 Å². The van der Waals surface area contributed by atoms with Crippen molar-refractivity contribution in [3.63, 3.8) is 0 Å². The summed E-state index contributed by atoms with van der Waals surface area (Å²) < 4.78 is 1.87. The number of nitrogens with zero attached hydrogens (tertiary/aromatic N) is 1. The SMILES string of the molecule is CCN(CC)C(=S)SC(CC(=O)c1ccccc1)c1ccc(Br)cc1. The zero-order valence-electron chi connectivity index (χ0n) is 14.4. The van der Waals surface area contributed by atoms with Gasteiger partial charge in [0.2, 0.25) is 0 Å². The maximum Gasteiger partial charge on any atom is 0.164 e. The molecular formula is C20H22BrNOS2. The molecule has 0 heterocycles. The number of thiocarbonyl (C=S) groups is 1. The molecule has 0 saturated heterocycles. The second-order valence-corrected chi connectivity index (χ2v) is 8.34. The third-order valence-corrected chi connectivity index (χ3v) is 6.23. The molecule has 0 fully saturated rings. The normalized spacial score (nSPS) is 11.8. The van der Waals surface area contributed by atoms with E-state index < -0.39 is 0 Å². The van der Waals surface area contributed by atoms with Crippen molar-refractivity contribution in [1.29, 1.82) is 0 Å². The molecule has 0 aromatic heterocycles. The lowest BCUT2D eigenvalue weighted by molar-refractivity contribution is 0.0982. The molecule has 25 heavy (non-hydrogen) atoms. The van der Waals surface area contributed by atoms with Gasteiger partial charge in [0, 0.05) is 34.8 Å². The standard InChI is InChI=1S/C20H22BrNOS2/c1-3-22(4-2)20(24)25-19(16-10-12-17(21)13-11-16)14-18(23)15-8-6-5-7-9-15/h5-13,19H,3-4,14H2,1-2H3. The lowest BCUT2D eigenvalue weighted by Gasteiger charge is -2.25. The Balaban J connectivity index is 2.21. The van der Waals surface area contributed by atoms with Crippen molar-refractivity contribution in [3.05, 3.63) is 70.2 Å². The van der Waals surface area contributed by atoms with Gasteiger partial charge in [0.15, 0.2) is 5.78 Å². The van der Waals surface area contributed by atoms with Crippen molar-refractivity contribution in [2.24, 2.45) is 0 Å². The molecule has 0 N–H and O–H groups in total. The summed E-state index contributed by atoms with van der Waals surface area (Å²) in [6, 6.07) is 17.6. The minimum absolute atomic E-state index is 0.00825. The molecule has 2 rings (SSSR count). The quantitative estimate of drug-likeness (QED) is 0.385. The topological polar surface area (TPSA) is 20.3 Å². The van der Waals surface area contributed by atoms with Crippen LogP contribution in [0.25, 0.3) is 0 Å². The molecule has 0 aliphatic carbocycles. The van der Waals surface area contributed by atoms with Crippen LogP contribution in [0.3, 0.4) is 0 Å². The van der Waals surface area contributed by atoms with Gasteiger partial charge in [-0.15, -0.1) is 0 Å². The van der Waals surface area contributed by atoms with Crippen molar-refractivity contribution in [2.45, 2.75) is 25.5 Å². The zero-order chi connectivity index (χ0) is 18.2. The van der Waals surface area contributed by atoms with E-state index in [2.05, 4.69) is 46.8 Å². The Morgan fingerprint density at radius 3 is 2.24 bits per heavy atom. The van der Waals surface area contributed by atoms with Crippen LogP contribution >= 0.6 is 39.9 Å². The van der Waals surface area contributed by atoms with Crippen LogP contribution in [0.2, 0.25) is 0 Å². The van der Waals surface area contributed by atoms with Gasteiger partial charge in [0.1, 0.15) is 4.32 Å². The summed E-state index contributed by atoms with van der Waals surface area (Å²) in [5.74, 6) is 0.142. The summed E-state index contributed by atoms with van der Waals surface area (Å²) >= 11 is 10.7. The van der Waals surface area contributed by atoms with Crippen LogP contribution in [0.4, 0.5) is 0 Å². The van der Waals surface area contributed by atoms with E-state index in [9.17, 15) is 4.79 Å². The second-order valence-electron chi connectivity index (χ2n) is 5.59. The Kier molecular flexibility index (Phi) is 8.13. The highest BCUT2D eigenvalue weighted by Gasteiger charge is 2.21. The third-order valence-electron chi connectivity index (χ3n) is 3.97. The van der Waals surface area contributed by atoms with Crippen LogP contribution in [0.15, 0.2) is 59.1 Å². The number of rotatable bonds is 7. The predicted molar refractivity (Wildman–Crippen MR) is 115 cm³/mol. The number of ketones is 1. The summed E-state index contributed by atoms with van der Waals surface area (Å²) in [5.41, 5.74) is 1.87. The van der Waals surface area contributed by atoms with Crippen molar-refractivity contribution in [1.82, 2.24) is 4.90 Å². The third kappa shape index (κ3) is 5.94. The van der Waals surface area contributed by atoms with Crippen molar-refractivity contribution < 1.29 is 4.79 Å². The molecule has 0 bridgehead atoms. The summed E-state index contributed by atoms with van der Waals surface area (Å²) in [5, 5.41) is 0.00825. The van der Waals surface area contributed by atoms with Gasteiger partial charge in [-0.2, -0.15) is 0 Å². The number of carbonyl (C=O) groups excluding carboxylic acids is 1. The largest absolute Gasteiger partial charge is 0.358 e. The molecule has 0 amide bonds.